The van der Waals surface area contributed by atoms with Crippen LogP contribution in [0.5, 0.6) is 0 Å². The highest BCUT2D eigenvalue weighted by Gasteiger charge is 2.20. The smallest absolute Gasteiger partial charge is 0.0534 e. The van der Waals surface area contributed by atoms with Gasteiger partial charge in [0.15, 0.2) is 0 Å². The van der Waals surface area contributed by atoms with Gasteiger partial charge >= 0.3 is 0 Å². The number of hydrogen-bond acceptors (Lipinski definition) is 3. The third-order valence-corrected chi connectivity index (χ3v) is 2.97. The highest BCUT2D eigenvalue weighted by Crippen LogP contribution is 2.42. The lowest BCUT2D eigenvalue weighted by molar-refractivity contribution is 0.903. The monoisotopic (exact) mass is 190 g/mol. The predicted octanol–water partition coefficient (Wildman–Crippen LogP) is 2.41. The maximum atomic E-state index is 5.33. The van der Waals surface area contributed by atoms with E-state index < -0.39 is 0 Å². The van der Waals surface area contributed by atoms with Gasteiger partial charge in [-0.25, -0.2) is 0 Å². The minimum Gasteiger partial charge on any atom is -0.403 e. The normalized spacial score (nSPS) is 15.4. The van der Waals surface area contributed by atoms with Crippen molar-refractivity contribution in [2.45, 2.75) is 4.90 Å². The van der Waals surface area contributed by atoms with Crippen molar-refractivity contribution >= 4 is 17.6 Å². The standard InChI is InChI=1S/C10H10N2S/c1-8-9-4-2-3-5-10(9)13-12(8)7-6-11/h2-7H,1,11H2/b7-6-. The van der Waals surface area contributed by atoms with E-state index in [1.54, 1.807) is 11.9 Å². The summed E-state index contributed by atoms with van der Waals surface area (Å²) in [5.41, 5.74) is 7.50. The average molecular weight is 190 g/mol. The summed E-state index contributed by atoms with van der Waals surface area (Å²) in [6, 6.07) is 8.18. The molecule has 2 N–H and O–H groups in total. The number of rotatable bonds is 1. The van der Waals surface area contributed by atoms with Crippen LogP contribution in [0.3, 0.4) is 0 Å². The van der Waals surface area contributed by atoms with Gasteiger partial charge in [-0.3, -0.25) is 4.31 Å². The maximum absolute atomic E-state index is 5.33. The van der Waals surface area contributed by atoms with Gasteiger partial charge < -0.3 is 5.73 Å². The number of benzene rings is 1. The molecule has 66 valence electrons. The lowest BCUT2D eigenvalue weighted by atomic mass is 10.2. The molecule has 2 nitrogen and oxygen atoms in total. The molecule has 0 bridgehead atoms. The summed E-state index contributed by atoms with van der Waals surface area (Å²) < 4.78 is 1.96. The lowest BCUT2D eigenvalue weighted by Gasteiger charge is -2.10. The molecular formula is C10H10N2S. The summed E-state index contributed by atoms with van der Waals surface area (Å²) in [4.78, 5) is 1.23. The third-order valence-electron chi connectivity index (χ3n) is 1.88. The number of nitrogens with two attached hydrogens (primary N) is 1. The van der Waals surface area contributed by atoms with E-state index in [4.69, 9.17) is 5.73 Å². The molecule has 0 saturated carbocycles. The first kappa shape index (κ1) is 8.26. The van der Waals surface area contributed by atoms with Crippen molar-refractivity contribution in [3.8, 4) is 0 Å². The quantitative estimate of drug-likeness (QED) is 0.689. The van der Waals surface area contributed by atoms with Crippen molar-refractivity contribution in [3.63, 3.8) is 0 Å². The summed E-state index contributed by atoms with van der Waals surface area (Å²) in [6.45, 7) is 3.99. The van der Waals surface area contributed by atoms with Crippen molar-refractivity contribution in [2.75, 3.05) is 0 Å². The predicted molar refractivity (Wildman–Crippen MR) is 56.5 cm³/mol. The van der Waals surface area contributed by atoms with Crippen molar-refractivity contribution in [1.29, 1.82) is 0 Å². The summed E-state index contributed by atoms with van der Waals surface area (Å²) in [6.07, 6.45) is 3.33. The average Bonchev–Trinajstić information content (AvgIpc) is 2.46. The first-order valence-corrected chi connectivity index (χ1v) is 4.74. The first-order valence-electron chi connectivity index (χ1n) is 3.97. The Morgan fingerprint density at radius 3 is 2.85 bits per heavy atom. The van der Waals surface area contributed by atoms with Gasteiger partial charge in [0.25, 0.3) is 0 Å². The largest absolute Gasteiger partial charge is 0.403 e. The number of nitrogens with zero attached hydrogens (tertiary/aromatic N) is 1. The van der Waals surface area contributed by atoms with Crippen LogP contribution >= 0.6 is 11.9 Å². The second-order valence-electron chi connectivity index (χ2n) is 2.70. The summed E-state index contributed by atoms with van der Waals surface area (Å²) >= 11 is 1.64. The highest BCUT2D eigenvalue weighted by atomic mass is 32.2. The van der Waals surface area contributed by atoms with Gasteiger partial charge in [-0.2, -0.15) is 0 Å². The van der Waals surface area contributed by atoms with Gasteiger partial charge in [-0.05, 0) is 18.0 Å². The first-order chi connectivity index (χ1) is 6.33. The zero-order chi connectivity index (χ0) is 9.26. The molecule has 0 aliphatic carbocycles. The van der Waals surface area contributed by atoms with Gasteiger partial charge in [0.2, 0.25) is 0 Å². The molecule has 1 aromatic carbocycles. The van der Waals surface area contributed by atoms with E-state index in [1.165, 1.54) is 16.7 Å². The Labute approximate surface area is 81.9 Å². The minimum absolute atomic E-state index is 0.988. The molecule has 1 aliphatic heterocycles. The van der Waals surface area contributed by atoms with Crippen LogP contribution in [0.25, 0.3) is 5.70 Å². The van der Waals surface area contributed by atoms with Crippen LogP contribution in [-0.2, 0) is 0 Å². The zero-order valence-corrected chi connectivity index (χ0v) is 7.92. The van der Waals surface area contributed by atoms with Crippen LogP contribution < -0.4 is 5.73 Å². The summed E-state index contributed by atoms with van der Waals surface area (Å²) in [5.74, 6) is 0. The molecule has 1 aliphatic rings. The Bertz CT molecular complexity index is 371. The Hall–Kier alpha value is -1.35. The summed E-state index contributed by atoms with van der Waals surface area (Å²) in [7, 11) is 0. The molecule has 1 heterocycles. The van der Waals surface area contributed by atoms with E-state index in [1.807, 2.05) is 22.6 Å². The van der Waals surface area contributed by atoms with Crippen LogP contribution in [0.2, 0.25) is 0 Å². The molecule has 0 radical (unpaired) electrons. The summed E-state index contributed by atoms with van der Waals surface area (Å²) in [5, 5.41) is 0. The van der Waals surface area contributed by atoms with Crippen molar-refractivity contribution in [3.05, 3.63) is 48.8 Å². The second kappa shape index (κ2) is 3.18. The van der Waals surface area contributed by atoms with Crippen LogP contribution in [0.1, 0.15) is 5.56 Å². The number of hydrogen-bond donors (Lipinski definition) is 1. The second-order valence-corrected chi connectivity index (χ2v) is 3.72. The minimum atomic E-state index is 0.988. The molecule has 13 heavy (non-hydrogen) atoms. The molecule has 3 heteroatoms. The van der Waals surface area contributed by atoms with Crippen LogP contribution in [0.4, 0.5) is 0 Å². The molecule has 0 saturated heterocycles. The molecule has 0 unspecified atom stereocenters. The molecule has 1 aromatic rings. The van der Waals surface area contributed by atoms with Gasteiger partial charge in [-0.15, -0.1) is 0 Å². The Balaban J connectivity index is 2.38. The Kier molecular flexibility index (Phi) is 2.02. The van der Waals surface area contributed by atoms with E-state index in [-0.39, 0.29) is 0 Å². The van der Waals surface area contributed by atoms with Gasteiger partial charge in [0, 0.05) is 22.9 Å². The van der Waals surface area contributed by atoms with Gasteiger partial charge in [0.1, 0.15) is 0 Å². The molecule has 0 amide bonds. The topological polar surface area (TPSA) is 29.3 Å². The maximum Gasteiger partial charge on any atom is 0.0534 e. The van der Waals surface area contributed by atoms with E-state index in [2.05, 4.69) is 18.7 Å². The van der Waals surface area contributed by atoms with E-state index >= 15 is 0 Å². The fraction of sp³-hybridized carbons (Fsp3) is 0. The zero-order valence-electron chi connectivity index (χ0n) is 7.10. The van der Waals surface area contributed by atoms with Crippen molar-refractivity contribution in [1.82, 2.24) is 4.31 Å². The number of fused-ring (bicyclic) bond motifs is 1. The van der Waals surface area contributed by atoms with Crippen LogP contribution in [0.15, 0.2) is 48.1 Å². The lowest BCUT2D eigenvalue weighted by Crippen LogP contribution is -1.98. The highest BCUT2D eigenvalue weighted by molar-refractivity contribution is 7.97. The Morgan fingerprint density at radius 1 is 1.38 bits per heavy atom. The Morgan fingerprint density at radius 2 is 2.15 bits per heavy atom. The van der Waals surface area contributed by atoms with Crippen molar-refractivity contribution in [2.24, 2.45) is 5.73 Å². The van der Waals surface area contributed by atoms with E-state index in [0.29, 0.717) is 0 Å². The molecule has 0 atom stereocenters. The third kappa shape index (κ3) is 1.31. The van der Waals surface area contributed by atoms with Crippen molar-refractivity contribution < 1.29 is 0 Å². The van der Waals surface area contributed by atoms with Gasteiger partial charge in [0.05, 0.1) is 5.70 Å². The van der Waals surface area contributed by atoms with E-state index in [9.17, 15) is 0 Å². The fourth-order valence-electron chi connectivity index (χ4n) is 1.26. The fourth-order valence-corrected chi connectivity index (χ4v) is 2.24. The molecule has 0 aromatic heterocycles. The molecule has 2 rings (SSSR count). The molecule has 0 fully saturated rings. The van der Waals surface area contributed by atoms with E-state index in [0.717, 1.165) is 5.70 Å². The van der Waals surface area contributed by atoms with Crippen LogP contribution in [0, 0.1) is 0 Å². The van der Waals surface area contributed by atoms with Crippen LogP contribution in [-0.4, -0.2) is 4.31 Å². The molecular weight excluding hydrogens is 180 g/mol. The SMILES string of the molecule is C=C1c2ccccc2SN1/C=C\N. The molecule has 0 spiro atoms. The van der Waals surface area contributed by atoms with Gasteiger partial charge in [-0.1, -0.05) is 24.8 Å².